The van der Waals surface area contributed by atoms with Gasteiger partial charge in [-0.3, -0.25) is 4.79 Å². The SMILES string of the molecule is Cc1nc(=O)[nH]c(C)c1CC(=O)N1CCC[C@H]1C(=O)O. The van der Waals surface area contributed by atoms with Crippen molar-refractivity contribution in [3.05, 3.63) is 27.4 Å². The monoisotopic (exact) mass is 279 g/mol. The molecule has 2 heterocycles. The van der Waals surface area contributed by atoms with Crippen LogP contribution in [0, 0.1) is 13.8 Å². The lowest BCUT2D eigenvalue weighted by Gasteiger charge is -2.22. The Bertz CT molecular complexity index is 582. The van der Waals surface area contributed by atoms with E-state index in [-0.39, 0.29) is 12.3 Å². The van der Waals surface area contributed by atoms with Crippen LogP contribution in [0.2, 0.25) is 0 Å². The molecule has 7 heteroatoms. The zero-order valence-electron chi connectivity index (χ0n) is 11.5. The molecule has 1 atom stereocenters. The van der Waals surface area contributed by atoms with Crippen LogP contribution in [0.3, 0.4) is 0 Å². The molecule has 0 radical (unpaired) electrons. The minimum Gasteiger partial charge on any atom is -0.480 e. The molecule has 2 N–H and O–H groups in total. The van der Waals surface area contributed by atoms with Gasteiger partial charge in [0, 0.05) is 23.5 Å². The number of amides is 1. The number of nitrogens with one attached hydrogen (secondary N) is 1. The largest absolute Gasteiger partial charge is 0.480 e. The Hall–Kier alpha value is -2.18. The van der Waals surface area contributed by atoms with Crippen LogP contribution in [0.1, 0.15) is 29.8 Å². The highest BCUT2D eigenvalue weighted by molar-refractivity contribution is 5.85. The van der Waals surface area contributed by atoms with E-state index in [2.05, 4.69) is 9.97 Å². The maximum Gasteiger partial charge on any atom is 0.345 e. The number of rotatable bonds is 3. The second kappa shape index (κ2) is 5.44. The second-order valence-corrected chi connectivity index (χ2v) is 4.99. The van der Waals surface area contributed by atoms with E-state index in [0.29, 0.717) is 36.3 Å². The second-order valence-electron chi connectivity index (χ2n) is 4.99. The van der Waals surface area contributed by atoms with Crippen LogP contribution in [0.15, 0.2) is 4.79 Å². The maximum absolute atomic E-state index is 12.3. The lowest BCUT2D eigenvalue weighted by atomic mass is 10.1. The van der Waals surface area contributed by atoms with Crippen molar-refractivity contribution in [1.82, 2.24) is 14.9 Å². The van der Waals surface area contributed by atoms with E-state index in [1.807, 2.05) is 0 Å². The number of aromatic amines is 1. The first-order valence-electron chi connectivity index (χ1n) is 6.49. The first kappa shape index (κ1) is 14.2. The molecule has 1 fully saturated rings. The Kier molecular flexibility index (Phi) is 3.87. The van der Waals surface area contributed by atoms with E-state index < -0.39 is 17.7 Å². The summed E-state index contributed by atoms with van der Waals surface area (Å²) >= 11 is 0. The van der Waals surface area contributed by atoms with Gasteiger partial charge in [-0.25, -0.2) is 9.59 Å². The Labute approximate surface area is 115 Å². The number of likely N-dealkylation sites (tertiary alicyclic amines) is 1. The van der Waals surface area contributed by atoms with Crippen molar-refractivity contribution >= 4 is 11.9 Å². The number of aromatic nitrogens is 2. The lowest BCUT2D eigenvalue weighted by Crippen LogP contribution is -2.41. The molecule has 0 unspecified atom stereocenters. The molecular weight excluding hydrogens is 262 g/mol. The standard InChI is InChI=1S/C13H17N3O4/c1-7-9(8(2)15-13(20)14-7)6-11(17)16-5-3-4-10(16)12(18)19/h10H,3-6H2,1-2H3,(H,18,19)(H,14,15,20)/t10-/m0/s1. The summed E-state index contributed by atoms with van der Waals surface area (Å²) in [6.07, 6.45) is 1.25. The third kappa shape index (κ3) is 2.71. The minimum atomic E-state index is -0.969. The van der Waals surface area contributed by atoms with E-state index in [1.54, 1.807) is 13.8 Å². The van der Waals surface area contributed by atoms with E-state index in [4.69, 9.17) is 5.11 Å². The first-order valence-corrected chi connectivity index (χ1v) is 6.49. The molecule has 1 aliphatic heterocycles. The van der Waals surface area contributed by atoms with Crippen molar-refractivity contribution in [2.24, 2.45) is 0 Å². The van der Waals surface area contributed by atoms with Gasteiger partial charge in [-0.2, -0.15) is 4.98 Å². The summed E-state index contributed by atoms with van der Waals surface area (Å²) in [5, 5.41) is 9.09. The van der Waals surface area contributed by atoms with Crippen LogP contribution < -0.4 is 5.69 Å². The molecule has 0 spiro atoms. The molecule has 2 rings (SSSR count). The van der Waals surface area contributed by atoms with Gasteiger partial charge in [-0.1, -0.05) is 0 Å². The molecule has 1 aromatic heterocycles. The van der Waals surface area contributed by atoms with Gasteiger partial charge >= 0.3 is 11.7 Å². The van der Waals surface area contributed by atoms with Crippen molar-refractivity contribution in [3.63, 3.8) is 0 Å². The van der Waals surface area contributed by atoms with Gasteiger partial charge in [0.15, 0.2) is 0 Å². The summed E-state index contributed by atoms with van der Waals surface area (Å²) in [5.74, 6) is -1.21. The number of aryl methyl sites for hydroxylation is 2. The first-order chi connectivity index (χ1) is 9.40. The third-order valence-electron chi connectivity index (χ3n) is 3.64. The molecule has 7 nitrogen and oxygen atoms in total. The lowest BCUT2D eigenvalue weighted by molar-refractivity contribution is -0.148. The Morgan fingerprint density at radius 3 is 2.75 bits per heavy atom. The number of H-pyrrole nitrogens is 1. The number of carbonyl (C=O) groups is 2. The highest BCUT2D eigenvalue weighted by atomic mass is 16.4. The van der Waals surface area contributed by atoms with Crippen molar-refractivity contribution < 1.29 is 14.7 Å². The molecule has 1 amide bonds. The number of hydrogen-bond donors (Lipinski definition) is 2. The predicted octanol–water partition coefficient (Wildman–Crippen LogP) is 0.00484. The van der Waals surface area contributed by atoms with Crippen LogP contribution in [0.25, 0.3) is 0 Å². The highest BCUT2D eigenvalue weighted by Gasteiger charge is 2.34. The van der Waals surface area contributed by atoms with Gasteiger partial charge in [0.05, 0.1) is 6.42 Å². The number of hydrogen-bond acceptors (Lipinski definition) is 4. The smallest absolute Gasteiger partial charge is 0.345 e. The summed E-state index contributed by atoms with van der Waals surface area (Å²) in [6, 6.07) is -0.737. The van der Waals surface area contributed by atoms with E-state index in [9.17, 15) is 14.4 Å². The molecule has 20 heavy (non-hydrogen) atoms. The van der Waals surface area contributed by atoms with Crippen LogP contribution in [-0.2, 0) is 16.0 Å². The number of carboxylic acids is 1. The number of carbonyl (C=O) groups excluding carboxylic acids is 1. The van der Waals surface area contributed by atoms with Gasteiger partial charge in [-0.05, 0) is 26.7 Å². The molecule has 0 aromatic carbocycles. The molecule has 108 valence electrons. The Morgan fingerprint density at radius 2 is 2.15 bits per heavy atom. The van der Waals surface area contributed by atoms with Gasteiger partial charge < -0.3 is 15.0 Å². The topological polar surface area (TPSA) is 103 Å². The summed E-state index contributed by atoms with van der Waals surface area (Å²) in [6.45, 7) is 3.84. The van der Waals surface area contributed by atoms with Crippen molar-refractivity contribution in [2.75, 3.05) is 6.54 Å². The number of nitrogens with zero attached hydrogens (tertiary/aromatic N) is 2. The molecule has 1 aromatic rings. The summed E-state index contributed by atoms with van der Waals surface area (Å²) < 4.78 is 0. The quantitative estimate of drug-likeness (QED) is 0.811. The molecule has 0 saturated carbocycles. The predicted molar refractivity (Wildman–Crippen MR) is 70.4 cm³/mol. The van der Waals surface area contributed by atoms with Crippen LogP contribution >= 0.6 is 0 Å². The van der Waals surface area contributed by atoms with Gasteiger partial charge in [0.2, 0.25) is 5.91 Å². The minimum absolute atomic E-state index is 0.0607. The number of carboxylic acid groups (broad SMARTS) is 1. The van der Waals surface area contributed by atoms with E-state index in [0.717, 1.165) is 0 Å². The Morgan fingerprint density at radius 1 is 1.45 bits per heavy atom. The molecule has 1 aliphatic rings. The molecule has 1 saturated heterocycles. The average Bonchev–Trinajstić information content (AvgIpc) is 2.82. The van der Waals surface area contributed by atoms with Crippen molar-refractivity contribution in [2.45, 2.75) is 39.2 Å². The molecule has 0 aliphatic carbocycles. The molecule has 0 bridgehead atoms. The fourth-order valence-corrected chi connectivity index (χ4v) is 2.59. The van der Waals surface area contributed by atoms with E-state index >= 15 is 0 Å². The zero-order valence-corrected chi connectivity index (χ0v) is 11.5. The summed E-state index contributed by atoms with van der Waals surface area (Å²) in [5.41, 5.74) is 1.32. The van der Waals surface area contributed by atoms with Crippen molar-refractivity contribution in [3.8, 4) is 0 Å². The fourth-order valence-electron chi connectivity index (χ4n) is 2.59. The molecular formula is C13H17N3O4. The zero-order chi connectivity index (χ0) is 14.9. The van der Waals surface area contributed by atoms with E-state index in [1.165, 1.54) is 4.90 Å². The van der Waals surface area contributed by atoms with Gasteiger partial charge in [0.25, 0.3) is 0 Å². The normalized spacial score (nSPS) is 18.3. The highest BCUT2D eigenvalue weighted by Crippen LogP contribution is 2.19. The summed E-state index contributed by atoms with van der Waals surface area (Å²) in [4.78, 5) is 42.3. The van der Waals surface area contributed by atoms with Gasteiger partial charge in [0.1, 0.15) is 6.04 Å². The van der Waals surface area contributed by atoms with Crippen LogP contribution in [0.5, 0.6) is 0 Å². The Balaban J connectivity index is 2.20. The van der Waals surface area contributed by atoms with Crippen LogP contribution in [0.4, 0.5) is 0 Å². The average molecular weight is 279 g/mol. The summed E-state index contributed by atoms with van der Waals surface area (Å²) in [7, 11) is 0. The van der Waals surface area contributed by atoms with Gasteiger partial charge in [-0.15, -0.1) is 0 Å². The number of aliphatic carboxylic acids is 1. The fraction of sp³-hybridized carbons (Fsp3) is 0.538. The van der Waals surface area contributed by atoms with Crippen molar-refractivity contribution in [1.29, 1.82) is 0 Å². The van der Waals surface area contributed by atoms with Crippen LogP contribution in [-0.4, -0.2) is 44.4 Å². The maximum atomic E-state index is 12.3. The third-order valence-corrected chi connectivity index (χ3v) is 3.64.